The van der Waals surface area contributed by atoms with Gasteiger partial charge in [-0.15, -0.1) is 0 Å². The van der Waals surface area contributed by atoms with Crippen LogP contribution < -0.4 is 4.74 Å². The first kappa shape index (κ1) is 9.09. The molecule has 1 aromatic heterocycles. The van der Waals surface area contributed by atoms with Gasteiger partial charge in [0.05, 0.1) is 13.7 Å². The number of fused-ring (bicyclic) bond motifs is 1. The molecule has 2 rings (SSSR count). The fraction of sp³-hybridized carbons (Fsp3) is 0.273. The highest BCUT2D eigenvalue weighted by Gasteiger charge is 2.06. The summed E-state index contributed by atoms with van der Waals surface area (Å²) in [7, 11) is 1.64. The van der Waals surface area contributed by atoms with Gasteiger partial charge in [0, 0.05) is 22.7 Å². The van der Waals surface area contributed by atoms with E-state index in [9.17, 15) is 0 Å². The molecule has 2 N–H and O–H groups in total. The molecule has 1 heterocycles. The molecular formula is C11H13NO2. The van der Waals surface area contributed by atoms with Gasteiger partial charge in [0.25, 0.3) is 0 Å². The van der Waals surface area contributed by atoms with Crippen LogP contribution in [0.1, 0.15) is 11.3 Å². The summed E-state index contributed by atoms with van der Waals surface area (Å²) in [5.41, 5.74) is 2.98. The monoisotopic (exact) mass is 191 g/mol. The Bertz CT molecular complexity index is 460. The fourth-order valence-electron chi connectivity index (χ4n) is 1.66. The molecule has 0 aliphatic carbocycles. The first-order valence-electron chi connectivity index (χ1n) is 4.52. The normalized spacial score (nSPS) is 10.8. The number of methoxy groups -OCH3 is 1. The summed E-state index contributed by atoms with van der Waals surface area (Å²) in [6.45, 7) is 2.04. The van der Waals surface area contributed by atoms with Crippen molar-refractivity contribution in [1.82, 2.24) is 4.98 Å². The Morgan fingerprint density at radius 3 is 2.86 bits per heavy atom. The third kappa shape index (κ3) is 1.26. The number of aromatic nitrogens is 1. The third-order valence-corrected chi connectivity index (χ3v) is 2.53. The molecule has 0 unspecified atom stereocenters. The smallest absolute Gasteiger partial charge is 0.120 e. The number of hydrogen-bond donors (Lipinski definition) is 2. The minimum atomic E-state index is 0.0445. The molecule has 0 fully saturated rings. The van der Waals surface area contributed by atoms with E-state index in [1.807, 2.05) is 25.1 Å². The van der Waals surface area contributed by atoms with Crippen molar-refractivity contribution in [3.8, 4) is 5.75 Å². The number of aliphatic hydroxyl groups is 1. The number of benzene rings is 1. The van der Waals surface area contributed by atoms with Gasteiger partial charge in [-0.2, -0.15) is 0 Å². The number of H-pyrrole nitrogens is 1. The first-order chi connectivity index (χ1) is 6.76. The maximum Gasteiger partial charge on any atom is 0.120 e. The second kappa shape index (κ2) is 3.35. The lowest BCUT2D eigenvalue weighted by molar-refractivity contribution is 0.277. The molecule has 3 nitrogen and oxygen atoms in total. The molecule has 0 aliphatic heterocycles. The number of ether oxygens (including phenoxy) is 1. The molecule has 0 saturated carbocycles. The molecule has 14 heavy (non-hydrogen) atoms. The minimum absolute atomic E-state index is 0.0445. The van der Waals surface area contributed by atoms with Crippen molar-refractivity contribution in [2.24, 2.45) is 0 Å². The number of aromatic amines is 1. The second-order valence-electron chi connectivity index (χ2n) is 3.30. The highest BCUT2D eigenvalue weighted by molar-refractivity contribution is 5.85. The first-order valence-corrected chi connectivity index (χ1v) is 4.52. The van der Waals surface area contributed by atoms with E-state index in [0.29, 0.717) is 0 Å². The van der Waals surface area contributed by atoms with Crippen LogP contribution in [0, 0.1) is 6.92 Å². The summed E-state index contributed by atoms with van der Waals surface area (Å²) < 4.78 is 5.12. The van der Waals surface area contributed by atoms with Gasteiger partial charge in [-0.3, -0.25) is 0 Å². The summed E-state index contributed by atoms with van der Waals surface area (Å²) in [6.07, 6.45) is 0. The van der Waals surface area contributed by atoms with Crippen LogP contribution in [0.15, 0.2) is 18.2 Å². The Labute approximate surface area is 82.3 Å². The third-order valence-electron chi connectivity index (χ3n) is 2.53. The maximum absolute atomic E-state index is 9.08. The Hall–Kier alpha value is -1.48. The van der Waals surface area contributed by atoms with Crippen molar-refractivity contribution in [3.63, 3.8) is 0 Å². The van der Waals surface area contributed by atoms with E-state index >= 15 is 0 Å². The lowest BCUT2D eigenvalue weighted by atomic mass is 10.1. The van der Waals surface area contributed by atoms with Crippen molar-refractivity contribution in [1.29, 1.82) is 0 Å². The van der Waals surface area contributed by atoms with Crippen LogP contribution in [0.5, 0.6) is 5.75 Å². The predicted octanol–water partition coefficient (Wildman–Crippen LogP) is 1.98. The zero-order valence-corrected chi connectivity index (χ0v) is 8.29. The van der Waals surface area contributed by atoms with Crippen molar-refractivity contribution in [2.45, 2.75) is 13.5 Å². The molecule has 0 saturated heterocycles. The van der Waals surface area contributed by atoms with Crippen molar-refractivity contribution in [3.05, 3.63) is 29.5 Å². The van der Waals surface area contributed by atoms with Crippen LogP contribution in [0.25, 0.3) is 10.9 Å². The molecule has 74 valence electrons. The fourth-order valence-corrected chi connectivity index (χ4v) is 1.66. The van der Waals surface area contributed by atoms with E-state index in [4.69, 9.17) is 9.84 Å². The van der Waals surface area contributed by atoms with E-state index in [-0.39, 0.29) is 6.61 Å². The van der Waals surface area contributed by atoms with Gasteiger partial charge in [-0.1, -0.05) is 0 Å². The second-order valence-corrected chi connectivity index (χ2v) is 3.30. The Morgan fingerprint density at radius 2 is 2.21 bits per heavy atom. The van der Waals surface area contributed by atoms with Crippen molar-refractivity contribution >= 4 is 10.9 Å². The van der Waals surface area contributed by atoms with Crippen molar-refractivity contribution < 1.29 is 9.84 Å². The van der Waals surface area contributed by atoms with Crippen LogP contribution in [0.3, 0.4) is 0 Å². The molecule has 0 radical (unpaired) electrons. The van der Waals surface area contributed by atoms with Gasteiger partial charge < -0.3 is 14.8 Å². The lowest BCUT2D eigenvalue weighted by Crippen LogP contribution is -1.84. The Morgan fingerprint density at radius 1 is 1.43 bits per heavy atom. The molecule has 0 spiro atoms. The molecule has 0 aliphatic rings. The lowest BCUT2D eigenvalue weighted by Gasteiger charge is -1.98. The average Bonchev–Trinajstić information content (AvgIpc) is 2.55. The van der Waals surface area contributed by atoms with Gasteiger partial charge in [0.2, 0.25) is 0 Å². The average molecular weight is 191 g/mol. The zero-order valence-electron chi connectivity index (χ0n) is 8.29. The van der Waals surface area contributed by atoms with E-state index in [1.165, 1.54) is 0 Å². The van der Waals surface area contributed by atoms with E-state index in [1.54, 1.807) is 7.11 Å². The molecule has 1 aromatic carbocycles. The number of aryl methyl sites for hydroxylation is 1. The molecule has 0 amide bonds. The van der Waals surface area contributed by atoms with Crippen LogP contribution in [-0.4, -0.2) is 17.2 Å². The summed E-state index contributed by atoms with van der Waals surface area (Å²) in [4.78, 5) is 3.16. The quantitative estimate of drug-likeness (QED) is 0.762. The Balaban J connectivity index is 2.66. The molecule has 0 bridgehead atoms. The standard InChI is InChI=1S/C11H13NO2/c1-7-9-4-3-8(14-2)5-10(9)12-11(7)6-13/h3-5,12-13H,6H2,1-2H3. The number of hydrogen-bond acceptors (Lipinski definition) is 2. The maximum atomic E-state index is 9.08. The highest BCUT2D eigenvalue weighted by Crippen LogP contribution is 2.25. The van der Waals surface area contributed by atoms with Gasteiger partial charge in [-0.05, 0) is 24.6 Å². The summed E-state index contributed by atoms with van der Waals surface area (Å²) in [5.74, 6) is 0.822. The number of aliphatic hydroxyl groups excluding tert-OH is 1. The molecule has 0 atom stereocenters. The van der Waals surface area contributed by atoms with E-state index in [0.717, 1.165) is 27.9 Å². The van der Waals surface area contributed by atoms with Crippen LogP contribution in [0.2, 0.25) is 0 Å². The highest BCUT2D eigenvalue weighted by atomic mass is 16.5. The van der Waals surface area contributed by atoms with Gasteiger partial charge >= 0.3 is 0 Å². The van der Waals surface area contributed by atoms with E-state index < -0.39 is 0 Å². The molecule has 2 aromatic rings. The molecule has 3 heteroatoms. The SMILES string of the molecule is COc1ccc2c(C)c(CO)[nH]c2c1. The van der Waals surface area contributed by atoms with E-state index in [2.05, 4.69) is 4.98 Å². The van der Waals surface area contributed by atoms with Crippen LogP contribution in [0.4, 0.5) is 0 Å². The van der Waals surface area contributed by atoms with Crippen LogP contribution >= 0.6 is 0 Å². The molecular weight excluding hydrogens is 178 g/mol. The topological polar surface area (TPSA) is 45.2 Å². The Kier molecular flexibility index (Phi) is 2.17. The van der Waals surface area contributed by atoms with Gasteiger partial charge in [-0.25, -0.2) is 0 Å². The number of nitrogens with one attached hydrogen (secondary N) is 1. The largest absolute Gasteiger partial charge is 0.497 e. The summed E-state index contributed by atoms with van der Waals surface area (Å²) in [5, 5.41) is 10.2. The summed E-state index contributed by atoms with van der Waals surface area (Å²) in [6, 6.07) is 5.85. The van der Waals surface area contributed by atoms with Crippen LogP contribution in [-0.2, 0) is 6.61 Å². The van der Waals surface area contributed by atoms with Gasteiger partial charge in [0.15, 0.2) is 0 Å². The number of rotatable bonds is 2. The zero-order chi connectivity index (χ0) is 10.1. The van der Waals surface area contributed by atoms with Gasteiger partial charge in [0.1, 0.15) is 5.75 Å². The minimum Gasteiger partial charge on any atom is -0.497 e. The van der Waals surface area contributed by atoms with Crippen molar-refractivity contribution in [2.75, 3.05) is 7.11 Å². The predicted molar refractivity (Wildman–Crippen MR) is 55.5 cm³/mol. The summed E-state index contributed by atoms with van der Waals surface area (Å²) >= 11 is 0.